The van der Waals surface area contributed by atoms with Crippen LogP contribution >= 0.6 is 0 Å². The lowest BCUT2D eigenvalue weighted by atomic mass is 10.3. The molecule has 0 spiro atoms. The number of hydrogen-bond donors (Lipinski definition) is 0. The summed E-state index contributed by atoms with van der Waals surface area (Å²) in [5.41, 5.74) is -1.37. The highest BCUT2D eigenvalue weighted by atomic mass is 19.4. The molecule has 2 heterocycles. The van der Waals surface area contributed by atoms with E-state index in [1.165, 1.54) is 6.92 Å². The summed E-state index contributed by atoms with van der Waals surface area (Å²) in [5, 5.41) is 5.89. The predicted octanol–water partition coefficient (Wildman–Crippen LogP) is 3.33. The van der Waals surface area contributed by atoms with Gasteiger partial charge in [-0.3, -0.25) is 4.68 Å². The van der Waals surface area contributed by atoms with Gasteiger partial charge < -0.3 is 4.74 Å². The van der Waals surface area contributed by atoms with Crippen LogP contribution in [0.5, 0.6) is 0 Å². The van der Waals surface area contributed by atoms with Crippen LogP contribution in [0.2, 0.25) is 0 Å². The van der Waals surface area contributed by atoms with Crippen LogP contribution < -0.4 is 0 Å². The number of allylic oxidation sites excluding steroid dienone is 1. The molecule has 1 aromatic heterocycles. The van der Waals surface area contributed by atoms with Crippen LogP contribution in [0.15, 0.2) is 21.9 Å². The molecule has 0 atom stereocenters. The van der Waals surface area contributed by atoms with Gasteiger partial charge in [-0.05, 0) is 18.2 Å². The molecule has 2 rings (SSSR count). The summed E-state index contributed by atoms with van der Waals surface area (Å²) in [5.74, 6) is 0.516. The summed E-state index contributed by atoms with van der Waals surface area (Å²) in [6.07, 6.45) is -2.48. The molecule has 1 aliphatic rings. The SMILES string of the molecule is CCC1=NC(Cn2nc(C(F)(F)F)c(N=O)c2C)=CCO1. The van der Waals surface area contributed by atoms with Crippen LogP contribution in [0.1, 0.15) is 24.7 Å². The van der Waals surface area contributed by atoms with Gasteiger partial charge in [-0.1, -0.05) is 6.92 Å². The molecule has 1 aromatic rings. The van der Waals surface area contributed by atoms with E-state index in [-0.39, 0.29) is 12.2 Å². The lowest BCUT2D eigenvalue weighted by Gasteiger charge is -2.13. The summed E-state index contributed by atoms with van der Waals surface area (Å²) in [6, 6.07) is 0. The van der Waals surface area contributed by atoms with Crippen molar-refractivity contribution in [3.05, 3.63) is 28.1 Å². The van der Waals surface area contributed by atoms with Crippen molar-refractivity contribution in [2.45, 2.75) is 33.0 Å². The summed E-state index contributed by atoms with van der Waals surface area (Å²) >= 11 is 0. The van der Waals surface area contributed by atoms with E-state index in [0.29, 0.717) is 24.6 Å². The van der Waals surface area contributed by atoms with E-state index >= 15 is 0 Å². The van der Waals surface area contributed by atoms with Gasteiger partial charge in [0, 0.05) is 6.42 Å². The largest absolute Gasteiger partial charge is 0.476 e. The second-order valence-corrected chi connectivity index (χ2v) is 4.39. The van der Waals surface area contributed by atoms with Crippen LogP contribution in [0.4, 0.5) is 18.9 Å². The van der Waals surface area contributed by atoms with Crippen molar-refractivity contribution in [2.24, 2.45) is 10.2 Å². The molecule has 9 heteroatoms. The number of halogens is 3. The van der Waals surface area contributed by atoms with Gasteiger partial charge in [0.2, 0.25) is 0 Å². The first kappa shape index (κ1) is 15.2. The van der Waals surface area contributed by atoms with Crippen molar-refractivity contribution in [1.29, 1.82) is 0 Å². The number of aliphatic imine (C=N–C) groups is 1. The Hall–Kier alpha value is -2.19. The standard InChI is InChI=1S/C12H13F3N4O2/c1-3-9-16-8(4-5-21-9)6-19-7(2)10(18-20)11(17-19)12(13,14)15/h4H,3,5-6H2,1-2H3. The first-order chi connectivity index (χ1) is 9.86. The van der Waals surface area contributed by atoms with Crippen molar-refractivity contribution >= 4 is 11.6 Å². The fourth-order valence-electron chi connectivity index (χ4n) is 1.90. The van der Waals surface area contributed by atoms with E-state index in [2.05, 4.69) is 15.3 Å². The van der Waals surface area contributed by atoms with Gasteiger partial charge in [-0.2, -0.15) is 18.3 Å². The fraction of sp³-hybridized carbons (Fsp3) is 0.500. The van der Waals surface area contributed by atoms with Crippen LogP contribution in [0, 0.1) is 11.8 Å². The van der Waals surface area contributed by atoms with Gasteiger partial charge in [0.05, 0.1) is 17.9 Å². The van der Waals surface area contributed by atoms with Crippen molar-refractivity contribution < 1.29 is 17.9 Å². The second-order valence-electron chi connectivity index (χ2n) is 4.39. The number of alkyl halides is 3. The molecular weight excluding hydrogens is 289 g/mol. The van der Waals surface area contributed by atoms with E-state index in [0.717, 1.165) is 4.68 Å². The molecule has 21 heavy (non-hydrogen) atoms. The molecule has 0 aliphatic carbocycles. The maximum Gasteiger partial charge on any atom is 0.437 e. The monoisotopic (exact) mass is 302 g/mol. The zero-order valence-corrected chi connectivity index (χ0v) is 11.4. The second kappa shape index (κ2) is 5.66. The average molecular weight is 302 g/mol. The third kappa shape index (κ3) is 3.11. The maximum atomic E-state index is 12.8. The van der Waals surface area contributed by atoms with Gasteiger partial charge in [0.15, 0.2) is 17.3 Å². The molecule has 0 saturated carbocycles. The molecule has 6 nitrogen and oxygen atoms in total. The third-order valence-corrected chi connectivity index (χ3v) is 2.99. The van der Waals surface area contributed by atoms with E-state index in [9.17, 15) is 18.1 Å². The topological polar surface area (TPSA) is 68.8 Å². The minimum absolute atomic E-state index is 0.0251. The number of rotatable bonds is 4. The van der Waals surface area contributed by atoms with Gasteiger partial charge in [0.25, 0.3) is 0 Å². The summed E-state index contributed by atoms with van der Waals surface area (Å²) in [6.45, 7) is 3.56. The molecular formula is C12H13F3N4O2. The van der Waals surface area contributed by atoms with E-state index < -0.39 is 17.6 Å². The molecule has 0 aromatic carbocycles. The zero-order valence-electron chi connectivity index (χ0n) is 11.4. The summed E-state index contributed by atoms with van der Waals surface area (Å²) in [7, 11) is 0. The fourth-order valence-corrected chi connectivity index (χ4v) is 1.90. The number of nitrogens with zero attached hydrogens (tertiary/aromatic N) is 4. The Morgan fingerprint density at radius 2 is 2.19 bits per heavy atom. The Morgan fingerprint density at radius 3 is 2.71 bits per heavy atom. The lowest BCUT2D eigenvalue weighted by molar-refractivity contribution is -0.140. The number of nitroso groups, excluding NO2 is 1. The molecule has 0 unspecified atom stereocenters. The van der Waals surface area contributed by atoms with Gasteiger partial charge in [-0.15, -0.1) is 4.91 Å². The molecule has 0 radical (unpaired) electrons. The first-order valence-corrected chi connectivity index (χ1v) is 6.24. The molecule has 0 bridgehead atoms. The molecule has 1 aliphatic heterocycles. The highest BCUT2D eigenvalue weighted by Crippen LogP contribution is 2.37. The van der Waals surface area contributed by atoms with Crippen LogP contribution in [-0.4, -0.2) is 22.3 Å². The normalized spacial score (nSPS) is 15.3. The van der Waals surface area contributed by atoms with E-state index in [1.54, 1.807) is 6.08 Å². The minimum atomic E-state index is -4.72. The highest BCUT2D eigenvalue weighted by Gasteiger charge is 2.39. The predicted molar refractivity (Wildman–Crippen MR) is 69.2 cm³/mol. The number of hydrogen-bond acceptors (Lipinski definition) is 5. The minimum Gasteiger partial charge on any atom is -0.476 e. The Bertz CT molecular complexity index is 617. The molecule has 0 fully saturated rings. The number of ether oxygens (including phenoxy) is 1. The first-order valence-electron chi connectivity index (χ1n) is 6.24. The van der Waals surface area contributed by atoms with Crippen LogP contribution in [0.25, 0.3) is 0 Å². The zero-order chi connectivity index (χ0) is 15.6. The molecule has 0 N–H and O–H groups in total. The Morgan fingerprint density at radius 1 is 1.48 bits per heavy atom. The van der Waals surface area contributed by atoms with Gasteiger partial charge in [-0.25, -0.2) is 4.99 Å². The van der Waals surface area contributed by atoms with E-state index in [1.807, 2.05) is 6.92 Å². The smallest absolute Gasteiger partial charge is 0.437 e. The molecule has 0 amide bonds. The van der Waals surface area contributed by atoms with Crippen molar-refractivity contribution in [1.82, 2.24) is 9.78 Å². The molecule has 114 valence electrons. The summed E-state index contributed by atoms with van der Waals surface area (Å²) < 4.78 is 44.7. The number of aromatic nitrogens is 2. The third-order valence-electron chi connectivity index (χ3n) is 2.99. The maximum absolute atomic E-state index is 12.8. The van der Waals surface area contributed by atoms with Crippen molar-refractivity contribution in [3.63, 3.8) is 0 Å². The average Bonchev–Trinajstić information content (AvgIpc) is 2.76. The van der Waals surface area contributed by atoms with Gasteiger partial charge in [0.1, 0.15) is 6.61 Å². The highest BCUT2D eigenvalue weighted by molar-refractivity contribution is 5.77. The Balaban J connectivity index is 2.34. The Labute approximate surface area is 118 Å². The summed E-state index contributed by atoms with van der Waals surface area (Å²) in [4.78, 5) is 14.8. The van der Waals surface area contributed by atoms with Gasteiger partial charge >= 0.3 is 6.18 Å². The van der Waals surface area contributed by atoms with Crippen LogP contribution in [0.3, 0.4) is 0 Å². The van der Waals surface area contributed by atoms with Crippen molar-refractivity contribution in [2.75, 3.05) is 6.61 Å². The quantitative estimate of drug-likeness (QED) is 0.801. The van der Waals surface area contributed by atoms with Crippen molar-refractivity contribution in [3.8, 4) is 0 Å². The van der Waals surface area contributed by atoms with E-state index in [4.69, 9.17) is 4.74 Å². The Kier molecular flexibility index (Phi) is 4.10. The lowest BCUT2D eigenvalue weighted by Crippen LogP contribution is -2.14. The van der Waals surface area contributed by atoms with Crippen LogP contribution in [-0.2, 0) is 17.5 Å². The molecule has 0 saturated heterocycles.